The summed E-state index contributed by atoms with van der Waals surface area (Å²) < 4.78 is 38.7. The monoisotopic (exact) mass is 362 g/mol. The third-order valence-corrected chi connectivity index (χ3v) is 5.16. The molecule has 2 aromatic rings. The Morgan fingerprint density at radius 3 is 2.27 bits per heavy atom. The second-order valence-corrected chi connectivity index (χ2v) is 6.98. The zero-order valence-electron chi connectivity index (χ0n) is 15.0. The van der Waals surface area contributed by atoms with E-state index in [1.165, 1.54) is 17.7 Å². The second-order valence-electron chi connectivity index (χ2n) is 6.98. The van der Waals surface area contributed by atoms with E-state index in [0.29, 0.717) is 11.6 Å². The third kappa shape index (κ3) is 4.79. The summed E-state index contributed by atoms with van der Waals surface area (Å²) in [6, 6.07) is 16.1. The molecule has 1 aliphatic rings. The fourth-order valence-electron chi connectivity index (χ4n) is 3.43. The lowest BCUT2D eigenvalue weighted by molar-refractivity contribution is -0.137. The normalized spacial score (nSPS) is 17.3. The van der Waals surface area contributed by atoms with Crippen LogP contribution in [0.5, 0.6) is 0 Å². The third-order valence-electron chi connectivity index (χ3n) is 5.16. The summed E-state index contributed by atoms with van der Waals surface area (Å²) in [5.74, 6) is 0.512. The predicted molar refractivity (Wildman–Crippen MR) is 99.6 cm³/mol. The van der Waals surface area contributed by atoms with E-state index in [2.05, 4.69) is 36.1 Å². The molecule has 1 atom stereocenters. The molecule has 0 saturated carbocycles. The second kappa shape index (κ2) is 8.12. The molecule has 0 amide bonds. The summed E-state index contributed by atoms with van der Waals surface area (Å²) in [7, 11) is 0. The maximum absolute atomic E-state index is 12.9. The van der Waals surface area contributed by atoms with E-state index < -0.39 is 11.7 Å². The van der Waals surface area contributed by atoms with Gasteiger partial charge in [-0.15, -0.1) is 0 Å². The Morgan fingerprint density at radius 1 is 0.923 bits per heavy atom. The smallest absolute Gasteiger partial charge is 0.369 e. The average molecular weight is 362 g/mol. The van der Waals surface area contributed by atoms with Gasteiger partial charge in [0, 0.05) is 31.9 Å². The van der Waals surface area contributed by atoms with Crippen molar-refractivity contribution in [3.05, 3.63) is 65.7 Å². The van der Waals surface area contributed by atoms with Crippen molar-refractivity contribution >= 4 is 5.69 Å². The van der Waals surface area contributed by atoms with Gasteiger partial charge < -0.3 is 4.90 Å². The van der Waals surface area contributed by atoms with Crippen LogP contribution in [0.1, 0.15) is 30.4 Å². The fourth-order valence-corrected chi connectivity index (χ4v) is 3.43. The first-order chi connectivity index (χ1) is 12.4. The van der Waals surface area contributed by atoms with Crippen LogP contribution in [-0.4, -0.2) is 37.6 Å². The van der Waals surface area contributed by atoms with Crippen LogP contribution in [0.25, 0.3) is 0 Å². The van der Waals surface area contributed by atoms with E-state index in [9.17, 15) is 13.2 Å². The standard InChI is InChI=1S/C21H25F3N2/c1-17(18-6-3-2-4-7-18)10-11-25-12-14-26(15-13-25)20-9-5-8-19(16-20)21(22,23)24/h2-9,16-17H,10-15H2,1H3/t17-/m0/s1. The van der Waals surface area contributed by atoms with Gasteiger partial charge in [0.15, 0.2) is 0 Å². The van der Waals surface area contributed by atoms with Gasteiger partial charge in [-0.1, -0.05) is 43.3 Å². The molecule has 2 nitrogen and oxygen atoms in total. The number of halogens is 3. The van der Waals surface area contributed by atoms with Crippen molar-refractivity contribution in [3.63, 3.8) is 0 Å². The van der Waals surface area contributed by atoms with Crippen LogP contribution in [0.4, 0.5) is 18.9 Å². The molecule has 0 unspecified atom stereocenters. The van der Waals surface area contributed by atoms with Crippen LogP contribution < -0.4 is 4.90 Å². The molecule has 3 rings (SSSR count). The first kappa shape index (κ1) is 18.8. The first-order valence-corrected chi connectivity index (χ1v) is 9.13. The van der Waals surface area contributed by atoms with Crippen LogP contribution in [0.15, 0.2) is 54.6 Å². The molecule has 1 fully saturated rings. The summed E-state index contributed by atoms with van der Waals surface area (Å²) in [6.07, 6.45) is -3.20. The molecule has 1 aliphatic heterocycles. The number of alkyl halides is 3. The maximum Gasteiger partial charge on any atom is 0.416 e. The zero-order valence-corrected chi connectivity index (χ0v) is 15.0. The largest absolute Gasteiger partial charge is 0.416 e. The van der Waals surface area contributed by atoms with Crippen molar-refractivity contribution in [1.29, 1.82) is 0 Å². The van der Waals surface area contributed by atoms with E-state index in [-0.39, 0.29) is 0 Å². The van der Waals surface area contributed by atoms with Gasteiger partial charge in [-0.2, -0.15) is 13.2 Å². The molecule has 0 aromatic heterocycles. The van der Waals surface area contributed by atoms with Gasteiger partial charge in [0.2, 0.25) is 0 Å². The van der Waals surface area contributed by atoms with E-state index in [4.69, 9.17) is 0 Å². The Morgan fingerprint density at radius 2 is 1.62 bits per heavy atom. The highest BCUT2D eigenvalue weighted by Crippen LogP contribution is 2.32. The van der Waals surface area contributed by atoms with E-state index in [1.54, 1.807) is 6.07 Å². The minimum atomic E-state index is -4.29. The van der Waals surface area contributed by atoms with Crippen molar-refractivity contribution in [1.82, 2.24) is 4.90 Å². The Labute approximate surface area is 153 Å². The molecule has 0 aliphatic carbocycles. The average Bonchev–Trinajstić information content (AvgIpc) is 2.66. The molecule has 1 heterocycles. The molecule has 1 saturated heterocycles. The Balaban J connectivity index is 1.50. The molecule has 0 N–H and O–H groups in total. The van der Waals surface area contributed by atoms with Crippen molar-refractivity contribution in [2.45, 2.75) is 25.4 Å². The van der Waals surface area contributed by atoms with Crippen molar-refractivity contribution in [2.75, 3.05) is 37.6 Å². The highest BCUT2D eigenvalue weighted by Gasteiger charge is 2.31. The minimum Gasteiger partial charge on any atom is -0.369 e. The summed E-state index contributed by atoms with van der Waals surface area (Å²) in [6.45, 7) is 6.57. The number of hydrogen-bond acceptors (Lipinski definition) is 2. The molecular formula is C21H25F3N2. The summed E-state index contributed by atoms with van der Waals surface area (Å²) in [5, 5.41) is 0. The van der Waals surface area contributed by atoms with Crippen LogP contribution in [0.2, 0.25) is 0 Å². The van der Waals surface area contributed by atoms with Gasteiger partial charge in [0.05, 0.1) is 5.56 Å². The molecule has 0 bridgehead atoms. The van der Waals surface area contributed by atoms with E-state index in [0.717, 1.165) is 45.2 Å². The number of anilines is 1. The van der Waals surface area contributed by atoms with Crippen LogP contribution in [0.3, 0.4) is 0 Å². The Bertz CT molecular complexity index is 692. The zero-order chi connectivity index (χ0) is 18.6. The SMILES string of the molecule is C[C@@H](CCN1CCN(c2cccc(C(F)(F)F)c2)CC1)c1ccccc1. The van der Waals surface area contributed by atoms with E-state index >= 15 is 0 Å². The van der Waals surface area contributed by atoms with Crippen LogP contribution in [-0.2, 0) is 6.18 Å². The lowest BCUT2D eigenvalue weighted by Crippen LogP contribution is -2.46. The summed E-state index contributed by atoms with van der Waals surface area (Å²) in [4.78, 5) is 4.45. The lowest BCUT2D eigenvalue weighted by atomic mass is 9.97. The van der Waals surface area contributed by atoms with Crippen LogP contribution >= 0.6 is 0 Å². The van der Waals surface area contributed by atoms with E-state index in [1.807, 2.05) is 11.0 Å². The van der Waals surface area contributed by atoms with Gasteiger partial charge in [-0.05, 0) is 42.6 Å². The Hall–Kier alpha value is -2.01. The molecule has 26 heavy (non-hydrogen) atoms. The van der Waals surface area contributed by atoms with Gasteiger partial charge in [-0.3, -0.25) is 4.90 Å². The van der Waals surface area contributed by atoms with Gasteiger partial charge >= 0.3 is 6.18 Å². The van der Waals surface area contributed by atoms with Crippen molar-refractivity contribution in [2.24, 2.45) is 0 Å². The molecule has 0 spiro atoms. The van der Waals surface area contributed by atoms with Gasteiger partial charge in [0.25, 0.3) is 0 Å². The number of benzene rings is 2. The summed E-state index contributed by atoms with van der Waals surface area (Å²) in [5.41, 5.74) is 1.45. The molecule has 5 heteroatoms. The maximum atomic E-state index is 12.9. The van der Waals surface area contributed by atoms with Gasteiger partial charge in [0.1, 0.15) is 0 Å². The molecule has 2 aromatic carbocycles. The lowest BCUT2D eigenvalue weighted by Gasteiger charge is -2.36. The fraction of sp³-hybridized carbons (Fsp3) is 0.429. The molecular weight excluding hydrogens is 337 g/mol. The highest BCUT2D eigenvalue weighted by atomic mass is 19.4. The number of piperazine rings is 1. The minimum absolute atomic E-state index is 0.512. The van der Waals surface area contributed by atoms with Crippen LogP contribution in [0, 0.1) is 0 Å². The highest BCUT2D eigenvalue weighted by molar-refractivity contribution is 5.49. The molecule has 0 radical (unpaired) electrons. The van der Waals surface area contributed by atoms with Crippen molar-refractivity contribution < 1.29 is 13.2 Å². The quantitative estimate of drug-likeness (QED) is 0.737. The number of nitrogens with zero attached hydrogens (tertiary/aromatic N) is 2. The number of hydrogen-bond donors (Lipinski definition) is 0. The summed E-state index contributed by atoms with van der Waals surface area (Å²) >= 11 is 0. The van der Waals surface area contributed by atoms with Crippen molar-refractivity contribution in [3.8, 4) is 0 Å². The number of rotatable bonds is 5. The predicted octanol–water partition coefficient (Wildman–Crippen LogP) is 5.02. The Kier molecular flexibility index (Phi) is 5.87. The first-order valence-electron chi connectivity index (χ1n) is 9.13. The topological polar surface area (TPSA) is 6.48 Å². The van der Waals surface area contributed by atoms with Gasteiger partial charge in [-0.25, -0.2) is 0 Å². The molecule has 140 valence electrons.